The maximum absolute atomic E-state index is 10.7. The summed E-state index contributed by atoms with van der Waals surface area (Å²) in [4.78, 5) is 21.3. The first kappa shape index (κ1) is 33.5. The summed E-state index contributed by atoms with van der Waals surface area (Å²) in [6, 6.07) is -1.76. The maximum Gasteiger partial charge on any atom is 0.321 e. The molecule has 0 aromatic carbocycles. The Kier molecular flexibility index (Phi) is 20.2. The molecule has 0 spiro atoms. The van der Waals surface area contributed by atoms with Gasteiger partial charge >= 0.3 is 11.9 Å². The minimum absolute atomic E-state index is 0. The number of halogens is 1. The summed E-state index contributed by atoms with van der Waals surface area (Å²) in [7, 11) is 0. The SMILES string of the molecule is CCCCCCC(C)(S)C(N)C(=O)O.CCCCCCC(C)(S)C(N)C(=O)O.Cl. The highest BCUT2D eigenvalue weighted by atomic mass is 35.5. The van der Waals surface area contributed by atoms with Crippen LogP contribution in [0.25, 0.3) is 0 Å². The van der Waals surface area contributed by atoms with Gasteiger partial charge in [0.15, 0.2) is 0 Å². The first-order valence-electron chi connectivity index (χ1n) is 10.2. The highest BCUT2D eigenvalue weighted by Gasteiger charge is 2.33. The van der Waals surface area contributed by atoms with E-state index < -0.39 is 33.5 Å². The monoisotopic (exact) mass is 474 g/mol. The second-order valence-corrected chi connectivity index (χ2v) is 10.0. The van der Waals surface area contributed by atoms with E-state index in [0.29, 0.717) is 0 Å². The van der Waals surface area contributed by atoms with Crippen molar-refractivity contribution in [2.75, 3.05) is 0 Å². The molecule has 0 amide bonds. The molecule has 0 aromatic rings. The number of unbranched alkanes of at least 4 members (excludes halogenated alkanes) is 6. The predicted molar refractivity (Wildman–Crippen MR) is 131 cm³/mol. The highest BCUT2D eigenvalue weighted by molar-refractivity contribution is 7.82. The molecule has 6 nitrogen and oxygen atoms in total. The Morgan fingerprint density at radius 2 is 1.03 bits per heavy atom. The fourth-order valence-electron chi connectivity index (χ4n) is 2.66. The van der Waals surface area contributed by atoms with Gasteiger partial charge in [0.1, 0.15) is 12.1 Å². The van der Waals surface area contributed by atoms with Crippen molar-refractivity contribution in [1.29, 1.82) is 0 Å². The van der Waals surface area contributed by atoms with Crippen molar-refractivity contribution >= 4 is 49.6 Å². The van der Waals surface area contributed by atoms with Crippen molar-refractivity contribution < 1.29 is 19.8 Å². The van der Waals surface area contributed by atoms with Gasteiger partial charge in [0.25, 0.3) is 0 Å². The molecule has 4 unspecified atom stereocenters. The van der Waals surface area contributed by atoms with Crippen molar-refractivity contribution in [2.24, 2.45) is 11.5 Å². The molecule has 0 saturated heterocycles. The lowest BCUT2D eigenvalue weighted by Gasteiger charge is -2.27. The third kappa shape index (κ3) is 16.2. The van der Waals surface area contributed by atoms with Crippen LogP contribution >= 0.6 is 37.7 Å². The molecule has 9 heteroatoms. The minimum atomic E-state index is -0.974. The number of carbonyl (C=O) groups is 2. The van der Waals surface area contributed by atoms with E-state index in [2.05, 4.69) is 39.1 Å². The molecule has 0 aliphatic rings. The number of carboxylic acids is 2. The van der Waals surface area contributed by atoms with Gasteiger partial charge in [0.2, 0.25) is 0 Å². The Hall–Kier alpha value is -0.150. The van der Waals surface area contributed by atoms with Gasteiger partial charge in [-0.15, -0.1) is 12.4 Å². The zero-order valence-electron chi connectivity index (χ0n) is 18.4. The highest BCUT2D eigenvalue weighted by Crippen LogP contribution is 2.26. The van der Waals surface area contributed by atoms with Crippen LogP contribution in [-0.4, -0.2) is 43.7 Å². The van der Waals surface area contributed by atoms with Crippen molar-refractivity contribution in [3.05, 3.63) is 0 Å². The van der Waals surface area contributed by atoms with Crippen LogP contribution in [0.4, 0.5) is 0 Å². The minimum Gasteiger partial charge on any atom is -0.480 e. The molecular weight excluding hydrogens is 432 g/mol. The summed E-state index contributed by atoms with van der Waals surface area (Å²) < 4.78 is -1.20. The standard InChI is InChI=1S/2C10H21NO2S.ClH/c2*1-3-4-5-6-7-10(2,14)8(11)9(12)13;/h2*8,14H,3-7,11H2,1-2H3,(H,12,13);1H. The van der Waals surface area contributed by atoms with Crippen LogP contribution in [-0.2, 0) is 9.59 Å². The first-order chi connectivity index (χ1) is 12.8. The molecule has 0 aliphatic carbocycles. The molecule has 0 aliphatic heterocycles. The van der Waals surface area contributed by atoms with Gasteiger partial charge < -0.3 is 21.7 Å². The van der Waals surface area contributed by atoms with Crippen LogP contribution < -0.4 is 11.5 Å². The largest absolute Gasteiger partial charge is 0.480 e. The van der Waals surface area contributed by atoms with E-state index in [1.54, 1.807) is 13.8 Å². The number of rotatable bonds is 14. The summed E-state index contributed by atoms with van der Waals surface area (Å²) in [5, 5.41) is 17.5. The van der Waals surface area contributed by atoms with Crippen molar-refractivity contribution in [1.82, 2.24) is 0 Å². The van der Waals surface area contributed by atoms with Crippen molar-refractivity contribution in [3.63, 3.8) is 0 Å². The lowest BCUT2D eigenvalue weighted by molar-refractivity contribution is -0.140. The fourth-order valence-corrected chi connectivity index (χ4v) is 3.20. The van der Waals surface area contributed by atoms with Crippen LogP contribution in [0.15, 0.2) is 0 Å². The van der Waals surface area contributed by atoms with Gasteiger partial charge in [-0.05, 0) is 26.7 Å². The van der Waals surface area contributed by atoms with Crippen LogP contribution in [0.2, 0.25) is 0 Å². The number of hydrogen-bond acceptors (Lipinski definition) is 6. The topological polar surface area (TPSA) is 127 Å². The normalized spacial score (nSPS) is 16.8. The molecule has 29 heavy (non-hydrogen) atoms. The summed E-state index contributed by atoms with van der Waals surface area (Å²) in [6.07, 6.45) is 10.5. The van der Waals surface area contributed by atoms with Crippen LogP contribution in [0, 0.1) is 0 Å². The van der Waals surface area contributed by atoms with Crippen molar-refractivity contribution in [3.8, 4) is 0 Å². The Morgan fingerprint density at radius 3 is 1.24 bits per heavy atom. The summed E-state index contributed by atoms with van der Waals surface area (Å²) in [6.45, 7) is 7.87. The predicted octanol–water partition coefficient (Wildman–Crippen LogP) is 4.54. The Balaban J connectivity index is -0.000000451. The van der Waals surface area contributed by atoms with Gasteiger partial charge in [-0.3, -0.25) is 9.59 Å². The fraction of sp³-hybridized carbons (Fsp3) is 0.900. The molecule has 176 valence electrons. The van der Waals surface area contributed by atoms with Gasteiger partial charge in [-0.2, -0.15) is 25.3 Å². The molecule has 0 fully saturated rings. The number of aliphatic carboxylic acids is 2. The molecule has 0 aromatic heterocycles. The van der Waals surface area contributed by atoms with Crippen LogP contribution in [0.3, 0.4) is 0 Å². The van der Waals surface area contributed by atoms with E-state index in [4.69, 9.17) is 21.7 Å². The second kappa shape index (κ2) is 17.5. The lowest BCUT2D eigenvalue weighted by Crippen LogP contribution is -2.47. The van der Waals surface area contributed by atoms with Gasteiger partial charge in [0, 0.05) is 9.49 Å². The van der Waals surface area contributed by atoms with E-state index >= 15 is 0 Å². The average Bonchev–Trinajstić information content (AvgIpc) is 2.61. The molecule has 0 rings (SSSR count). The molecule has 4 atom stereocenters. The van der Waals surface area contributed by atoms with Gasteiger partial charge in [0.05, 0.1) is 0 Å². The zero-order valence-corrected chi connectivity index (χ0v) is 21.0. The van der Waals surface area contributed by atoms with Gasteiger partial charge in [-0.1, -0.05) is 65.2 Å². The van der Waals surface area contributed by atoms with E-state index in [-0.39, 0.29) is 12.4 Å². The summed E-state index contributed by atoms with van der Waals surface area (Å²) in [5.41, 5.74) is 11.1. The molecular formula is C20H43ClN2O4S2. The summed E-state index contributed by atoms with van der Waals surface area (Å²) in [5.74, 6) is -1.95. The van der Waals surface area contributed by atoms with E-state index in [1.165, 1.54) is 25.7 Å². The van der Waals surface area contributed by atoms with Crippen molar-refractivity contribution in [2.45, 2.75) is 113 Å². The number of nitrogens with two attached hydrogens (primary N) is 2. The smallest absolute Gasteiger partial charge is 0.321 e. The third-order valence-corrected chi connectivity index (χ3v) is 5.95. The second-order valence-electron chi connectivity index (χ2n) is 7.97. The molecule has 0 radical (unpaired) electrons. The van der Waals surface area contributed by atoms with E-state index in [1.807, 2.05) is 0 Å². The van der Waals surface area contributed by atoms with E-state index in [9.17, 15) is 9.59 Å². The Bertz CT molecular complexity index is 412. The Labute approximate surface area is 194 Å². The van der Waals surface area contributed by atoms with Crippen LogP contribution in [0.1, 0.15) is 91.9 Å². The molecule has 0 saturated carbocycles. The van der Waals surface area contributed by atoms with Gasteiger partial charge in [-0.25, -0.2) is 0 Å². The molecule has 6 N–H and O–H groups in total. The number of carboxylic acid groups (broad SMARTS) is 2. The Morgan fingerprint density at radius 1 is 0.759 bits per heavy atom. The molecule has 0 bridgehead atoms. The number of hydrogen-bond donors (Lipinski definition) is 6. The zero-order chi connectivity index (χ0) is 22.4. The number of thiol groups is 2. The third-order valence-electron chi connectivity index (χ3n) is 4.95. The average molecular weight is 475 g/mol. The molecule has 0 heterocycles. The quantitative estimate of drug-likeness (QED) is 0.162. The lowest BCUT2D eigenvalue weighted by atomic mass is 9.94. The van der Waals surface area contributed by atoms with Crippen LogP contribution in [0.5, 0.6) is 0 Å². The maximum atomic E-state index is 10.7. The first-order valence-corrected chi connectivity index (χ1v) is 11.1. The summed E-state index contributed by atoms with van der Waals surface area (Å²) >= 11 is 8.63. The van der Waals surface area contributed by atoms with E-state index in [0.717, 1.165) is 38.5 Å².